The van der Waals surface area contributed by atoms with Crippen molar-refractivity contribution in [1.82, 2.24) is 0 Å². The van der Waals surface area contributed by atoms with Gasteiger partial charge in [0.15, 0.2) is 0 Å². The fraction of sp³-hybridized carbons (Fsp3) is 0.700. The quantitative estimate of drug-likeness (QED) is 0.553. The smallest absolute Gasteiger partial charge is 0.142 e. The fourth-order valence-electron chi connectivity index (χ4n) is 2.37. The van der Waals surface area contributed by atoms with E-state index in [1.165, 1.54) is 0 Å². The van der Waals surface area contributed by atoms with Gasteiger partial charge in [0.25, 0.3) is 0 Å². The molecule has 1 fully saturated rings. The molecule has 1 saturated carbocycles. The molecule has 0 amide bonds. The Morgan fingerprint density at radius 1 is 1.50 bits per heavy atom. The average Bonchev–Trinajstić information content (AvgIpc) is 2.28. The van der Waals surface area contributed by atoms with Crippen molar-refractivity contribution in [2.75, 3.05) is 0 Å². The van der Waals surface area contributed by atoms with Gasteiger partial charge in [0.2, 0.25) is 0 Å². The van der Waals surface area contributed by atoms with Gasteiger partial charge in [-0.2, -0.15) is 0 Å². The fourth-order valence-corrected chi connectivity index (χ4v) is 2.37. The van der Waals surface area contributed by atoms with E-state index in [1.54, 1.807) is 0 Å². The highest BCUT2D eigenvalue weighted by atomic mass is 16.3. The molecule has 0 saturated heterocycles. The maximum Gasteiger partial charge on any atom is 0.142 e. The predicted octanol–water partition coefficient (Wildman–Crippen LogP) is 1.44. The van der Waals surface area contributed by atoms with Crippen molar-refractivity contribution in [3.05, 3.63) is 12.2 Å². The molecular formula is C10H14O2. The second kappa shape index (κ2) is 2.19. The third-order valence-corrected chi connectivity index (χ3v) is 3.51. The van der Waals surface area contributed by atoms with E-state index in [0.717, 1.165) is 12.8 Å². The van der Waals surface area contributed by atoms with Crippen molar-refractivity contribution in [3.8, 4) is 0 Å². The summed E-state index contributed by atoms with van der Waals surface area (Å²) in [5.74, 6) is 0.231. The second-order valence-electron chi connectivity index (χ2n) is 4.12. The van der Waals surface area contributed by atoms with Crippen LogP contribution in [0.15, 0.2) is 12.2 Å². The lowest BCUT2D eigenvalue weighted by molar-refractivity contribution is -0.132. The molecule has 0 aromatic carbocycles. The zero-order valence-corrected chi connectivity index (χ0v) is 7.34. The van der Waals surface area contributed by atoms with Gasteiger partial charge < -0.3 is 5.11 Å². The second-order valence-corrected chi connectivity index (χ2v) is 4.12. The molecule has 2 aliphatic carbocycles. The molecule has 0 spiro atoms. The van der Waals surface area contributed by atoms with E-state index in [1.807, 2.05) is 19.1 Å². The first-order chi connectivity index (χ1) is 5.58. The number of hydrogen-bond acceptors (Lipinski definition) is 2. The van der Waals surface area contributed by atoms with Crippen molar-refractivity contribution < 1.29 is 9.90 Å². The Hall–Kier alpha value is -0.630. The van der Waals surface area contributed by atoms with E-state index in [0.29, 0.717) is 12.8 Å². The lowest BCUT2D eigenvalue weighted by atomic mass is 9.69. The molecule has 0 bridgehead atoms. The molecule has 2 nitrogen and oxygen atoms in total. The Morgan fingerprint density at radius 2 is 2.25 bits per heavy atom. The van der Waals surface area contributed by atoms with Crippen LogP contribution in [-0.2, 0) is 4.79 Å². The molecule has 0 heterocycles. The molecular weight excluding hydrogens is 152 g/mol. The molecule has 2 heteroatoms. The summed E-state index contributed by atoms with van der Waals surface area (Å²) in [7, 11) is 0. The zero-order chi connectivity index (χ0) is 8.82. The van der Waals surface area contributed by atoms with Crippen LogP contribution < -0.4 is 0 Å². The highest BCUT2D eigenvalue weighted by Gasteiger charge is 2.55. The van der Waals surface area contributed by atoms with Crippen LogP contribution in [0.4, 0.5) is 0 Å². The molecule has 0 aliphatic heterocycles. The number of fused-ring (bicyclic) bond motifs is 1. The first-order valence-corrected chi connectivity index (χ1v) is 4.52. The molecule has 1 N–H and O–H groups in total. The standard InChI is InChI=1S/C10H14O2/c1-9-5-2-3-6-10(9,12)7-4-8(9)11/h3,6,12H,2,4-5,7H2,1H3/t9-,10-/m1/s1. The Labute approximate surface area is 72.3 Å². The first-order valence-electron chi connectivity index (χ1n) is 4.52. The summed E-state index contributed by atoms with van der Waals surface area (Å²) in [6.45, 7) is 1.89. The topological polar surface area (TPSA) is 37.3 Å². The number of carbonyl (C=O) groups excluding carboxylic acids is 1. The number of carbonyl (C=O) groups is 1. The Balaban J connectivity index is 2.46. The maximum atomic E-state index is 11.5. The summed E-state index contributed by atoms with van der Waals surface area (Å²) >= 11 is 0. The SMILES string of the molecule is C[C@]12CCC=C[C@@]1(O)CCC2=O. The Kier molecular flexibility index (Phi) is 1.46. The third-order valence-electron chi connectivity index (χ3n) is 3.51. The zero-order valence-electron chi connectivity index (χ0n) is 7.34. The molecule has 12 heavy (non-hydrogen) atoms. The van der Waals surface area contributed by atoms with Crippen LogP contribution in [-0.4, -0.2) is 16.5 Å². The van der Waals surface area contributed by atoms with Gasteiger partial charge in [-0.3, -0.25) is 4.79 Å². The molecule has 66 valence electrons. The minimum atomic E-state index is -0.831. The third kappa shape index (κ3) is 0.761. The van der Waals surface area contributed by atoms with Crippen LogP contribution in [0.25, 0.3) is 0 Å². The summed E-state index contributed by atoms with van der Waals surface area (Å²) in [5, 5.41) is 10.1. The Bertz CT molecular complexity index is 257. The summed E-state index contributed by atoms with van der Waals surface area (Å²) in [5.41, 5.74) is -1.32. The van der Waals surface area contributed by atoms with E-state index in [4.69, 9.17) is 0 Å². The van der Waals surface area contributed by atoms with Gasteiger partial charge in [-0.1, -0.05) is 12.2 Å². The highest BCUT2D eigenvalue weighted by molar-refractivity contribution is 5.89. The van der Waals surface area contributed by atoms with E-state index in [-0.39, 0.29) is 5.78 Å². The summed E-state index contributed by atoms with van der Waals surface area (Å²) in [6.07, 6.45) is 6.68. The molecule has 2 rings (SSSR count). The number of ketones is 1. The van der Waals surface area contributed by atoms with Crippen LogP contribution in [0.2, 0.25) is 0 Å². The molecule has 0 unspecified atom stereocenters. The molecule has 2 aliphatic rings. The lowest BCUT2D eigenvalue weighted by Crippen LogP contribution is -2.45. The summed E-state index contributed by atoms with van der Waals surface area (Å²) in [6, 6.07) is 0. The van der Waals surface area contributed by atoms with Crippen molar-refractivity contribution in [2.24, 2.45) is 5.41 Å². The van der Waals surface area contributed by atoms with E-state index >= 15 is 0 Å². The van der Waals surface area contributed by atoms with Gasteiger partial charge in [-0.05, 0) is 26.2 Å². The van der Waals surface area contributed by atoms with Crippen molar-refractivity contribution in [2.45, 2.75) is 38.2 Å². The minimum absolute atomic E-state index is 0.231. The van der Waals surface area contributed by atoms with Crippen LogP contribution in [0.3, 0.4) is 0 Å². The maximum absolute atomic E-state index is 11.5. The first kappa shape index (κ1) is 7.99. The van der Waals surface area contributed by atoms with Crippen LogP contribution in [0.5, 0.6) is 0 Å². The average molecular weight is 166 g/mol. The van der Waals surface area contributed by atoms with Crippen molar-refractivity contribution in [1.29, 1.82) is 0 Å². The molecule has 0 aromatic rings. The van der Waals surface area contributed by atoms with Crippen molar-refractivity contribution in [3.63, 3.8) is 0 Å². The van der Waals surface area contributed by atoms with E-state index in [9.17, 15) is 9.90 Å². The van der Waals surface area contributed by atoms with Gasteiger partial charge >= 0.3 is 0 Å². The lowest BCUT2D eigenvalue weighted by Gasteiger charge is -2.38. The van der Waals surface area contributed by atoms with Crippen molar-refractivity contribution >= 4 is 5.78 Å². The summed E-state index contributed by atoms with van der Waals surface area (Å²) in [4.78, 5) is 11.5. The summed E-state index contributed by atoms with van der Waals surface area (Å²) < 4.78 is 0. The number of hydrogen-bond donors (Lipinski definition) is 1. The van der Waals surface area contributed by atoms with Crippen LogP contribution >= 0.6 is 0 Å². The predicted molar refractivity (Wildman–Crippen MR) is 45.7 cm³/mol. The van der Waals surface area contributed by atoms with E-state index in [2.05, 4.69) is 0 Å². The largest absolute Gasteiger partial charge is 0.385 e. The normalized spacial score (nSPS) is 46.3. The number of rotatable bonds is 0. The molecule has 0 radical (unpaired) electrons. The molecule has 0 aromatic heterocycles. The minimum Gasteiger partial charge on any atom is -0.385 e. The Morgan fingerprint density at radius 3 is 2.92 bits per heavy atom. The highest BCUT2D eigenvalue weighted by Crippen LogP contribution is 2.49. The van der Waals surface area contributed by atoms with Gasteiger partial charge in [0.1, 0.15) is 5.78 Å². The molecule has 2 atom stereocenters. The van der Waals surface area contributed by atoms with Gasteiger partial charge in [0.05, 0.1) is 11.0 Å². The van der Waals surface area contributed by atoms with Gasteiger partial charge in [-0.25, -0.2) is 0 Å². The number of aliphatic hydroxyl groups is 1. The monoisotopic (exact) mass is 166 g/mol. The number of allylic oxidation sites excluding steroid dienone is 1. The van der Waals surface area contributed by atoms with Crippen LogP contribution in [0.1, 0.15) is 32.6 Å². The number of Topliss-reactive ketones (excluding diaryl/α,β-unsaturated/α-hetero) is 1. The van der Waals surface area contributed by atoms with E-state index < -0.39 is 11.0 Å². The van der Waals surface area contributed by atoms with Gasteiger partial charge in [-0.15, -0.1) is 0 Å². The van der Waals surface area contributed by atoms with Crippen LogP contribution in [0, 0.1) is 5.41 Å². The van der Waals surface area contributed by atoms with Gasteiger partial charge in [0, 0.05) is 6.42 Å².